The fourth-order valence-electron chi connectivity index (χ4n) is 1.49. The fourth-order valence-corrected chi connectivity index (χ4v) is 2.87. The van der Waals surface area contributed by atoms with Gasteiger partial charge in [-0.1, -0.05) is 5.11 Å². The molecule has 0 N–H and O–H groups in total. The van der Waals surface area contributed by atoms with Crippen LogP contribution in [0.1, 0.15) is 20.3 Å². The highest BCUT2D eigenvalue weighted by atomic mass is 32.2. The van der Waals surface area contributed by atoms with Crippen LogP contribution in [-0.4, -0.2) is 35.3 Å². The lowest BCUT2D eigenvalue weighted by molar-refractivity contribution is -0.142. The van der Waals surface area contributed by atoms with Gasteiger partial charge in [-0.2, -0.15) is 0 Å². The van der Waals surface area contributed by atoms with E-state index in [-0.39, 0.29) is 35.3 Å². The minimum absolute atomic E-state index is 0.154. The van der Waals surface area contributed by atoms with E-state index in [4.69, 9.17) is 15.0 Å². The second-order valence-electron chi connectivity index (χ2n) is 3.52. The summed E-state index contributed by atoms with van der Waals surface area (Å²) in [6, 6.07) is -0.325. The first-order chi connectivity index (χ1) is 8.02. The fraction of sp³-hybridized carbons (Fsp3) is 0.778. The Morgan fingerprint density at radius 3 is 2.71 bits per heavy atom. The van der Waals surface area contributed by atoms with Gasteiger partial charge in [-0.3, -0.25) is 9.59 Å². The first-order valence-electron chi connectivity index (χ1n) is 5.03. The van der Waals surface area contributed by atoms with Crippen LogP contribution in [0, 0.1) is 0 Å². The van der Waals surface area contributed by atoms with Gasteiger partial charge >= 0.3 is 11.9 Å². The molecule has 1 rings (SSSR count). The number of azide groups is 1. The van der Waals surface area contributed by atoms with Crippen LogP contribution in [0.5, 0.6) is 0 Å². The normalized spacial score (nSPS) is 27.1. The first-order valence-corrected chi connectivity index (χ1v) is 5.97. The molecule has 1 fully saturated rings. The van der Waals surface area contributed by atoms with Crippen LogP contribution in [0.25, 0.3) is 10.4 Å². The smallest absolute Gasteiger partial charge is 0.303 e. The van der Waals surface area contributed by atoms with Crippen molar-refractivity contribution in [1.82, 2.24) is 0 Å². The molecule has 17 heavy (non-hydrogen) atoms. The highest BCUT2D eigenvalue weighted by Crippen LogP contribution is 2.37. The Bertz CT molecular complexity index is 356. The highest BCUT2D eigenvalue weighted by Gasteiger charge is 2.36. The predicted molar refractivity (Wildman–Crippen MR) is 61.1 cm³/mol. The molecule has 0 spiro atoms. The summed E-state index contributed by atoms with van der Waals surface area (Å²) in [5.41, 5.74) is 8.08. The Hall–Kier alpha value is -1.40. The van der Waals surface area contributed by atoms with Crippen LogP contribution >= 0.6 is 11.8 Å². The van der Waals surface area contributed by atoms with Crippen molar-refractivity contribution in [2.45, 2.75) is 37.0 Å². The molecule has 1 unspecified atom stereocenters. The summed E-state index contributed by atoms with van der Waals surface area (Å²) in [4.78, 5) is 24.3. The molecule has 8 heteroatoms. The molecule has 0 amide bonds. The lowest BCUT2D eigenvalue weighted by Gasteiger charge is -2.12. The van der Waals surface area contributed by atoms with E-state index in [1.54, 1.807) is 0 Å². The number of thioether (sulfide) groups is 1. The van der Waals surface area contributed by atoms with E-state index in [1.165, 1.54) is 25.6 Å². The average Bonchev–Trinajstić information content (AvgIpc) is 2.57. The molecule has 94 valence electrons. The van der Waals surface area contributed by atoms with Crippen LogP contribution in [0.15, 0.2) is 5.11 Å². The van der Waals surface area contributed by atoms with Gasteiger partial charge < -0.3 is 9.47 Å². The van der Waals surface area contributed by atoms with E-state index in [2.05, 4.69) is 10.0 Å². The Morgan fingerprint density at radius 2 is 2.18 bits per heavy atom. The van der Waals surface area contributed by atoms with Gasteiger partial charge in [0.05, 0.1) is 11.3 Å². The van der Waals surface area contributed by atoms with Gasteiger partial charge in [-0.05, 0) is 5.53 Å². The lowest BCUT2D eigenvalue weighted by atomic mass is 10.2. The summed E-state index contributed by atoms with van der Waals surface area (Å²) in [6.45, 7) is 2.79. The average molecular weight is 259 g/mol. The summed E-state index contributed by atoms with van der Waals surface area (Å²) in [5.74, 6) is -0.767. The molecule has 1 aliphatic heterocycles. The van der Waals surface area contributed by atoms with Crippen molar-refractivity contribution in [2.24, 2.45) is 5.11 Å². The summed E-state index contributed by atoms with van der Waals surface area (Å²) in [7, 11) is 0. The number of carbonyl (C=O) groups is 2. The third kappa shape index (κ3) is 4.54. The van der Waals surface area contributed by atoms with Crippen molar-refractivity contribution >= 4 is 23.7 Å². The molecular formula is C9H13N3O4S. The number of carbonyl (C=O) groups excluding carboxylic acids is 2. The quantitative estimate of drug-likeness (QED) is 0.330. The molecular weight excluding hydrogens is 246 g/mol. The van der Waals surface area contributed by atoms with Crippen molar-refractivity contribution < 1.29 is 19.1 Å². The largest absolute Gasteiger partial charge is 0.465 e. The van der Waals surface area contributed by atoms with E-state index in [0.717, 1.165) is 0 Å². The lowest BCUT2D eigenvalue weighted by Crippen LogP contribution is -2.22. The third-order valence-electron chi connectivity index (χ3n) is 2.14. The Labute approximate surface area is 102 Å². The molecule has 0 aliphatic carbocycles. The van der Waals surface area contributed by atoms with E-state index < -0.39 is 0 Å². The van der Waals surface area contributed by atoms with E-state index in [1.807, 2.05) is 0 Å². The zero-order valence-electron chi connectivity index (χ0n) is 9.53. The van der Waals surface area contributed by atoms with Crippen LogP contribution in [0.2, 0.25) is 0 Å². The summed E-state index contributed by atoms with van der Waals surface area (Å²) in [6.07, 6.45) is 0.445. The number of nitrogens with zero attached hydrogens (tertiary/aromatic N) is 3. The predicted octanol–water partition coefficient (Wildman–Crippen LogP) is 1.62. The van der Waals surface area contributed by atoms with Gasteiger partial charge in [0.2, 0.25) is 0 Å². The molecule has 1 heterocycles. The van der Waals surface area contributed by atoms with Crippen LogP contribution in [-0.2, 0) is 19.1 Å². The summed E-state index contributed by atoms with van der Waals surface area (Å²) in [5, 5.41) is 3.45. The van der Waals surface area contributed by atoms with Crippen molar-refractivity contribution in [3.05, 3.63) is 10.4 Å². The van der Waals surface area contributed by atoms with E-state index in [9.17, 15) is 9.59 Å². The number of ether oxygens (including phenoxy) is 2. The van der Waals surface area contributed by atoms with Gasteiger partial charge in [-0.15, -0.1) is 11.8 Å². The zero-order chi connectivity index (χ0) is 12.8. The standard InChI is InChI=1S/C9H13N3O4S/c1-5(13)15-4-8-7(11-12-10)3-9(17-8)16-6(2)14/h7-9H,3-4H2,1-2H3/t7-,8+,9?/m0/s1. The van der Waals surface area contributed by atoms with Crippen LogP contribution in [0.3, 0.4) is 0 Å². The molecule has 1 aliphatic rings. The molecule has 3 atom stereocenters. The van der Waals surface area contributed by atoms with E-state index in [0.29, 0.717) is 6.42 Å². The maximum atomic E-state index is 10.8. The maximum absolute atomic E-state index is 10.8. The molecule has 0 aromatic carbocycles. The third-order valence-corrected chi connectivity index (χ3v) is 3.53. The molecule has 7 nitrogen and oxygen atoms in total. The van der Waals surface area contributed by atoms with Crippen molar-refractivity contribution in [3.63, 3.8) is 0 Å². The van der Waals surface area contributed by atoms with Crippen molar-refractivity contribution in [1.29, 1.82) is 0 Å². The SMILES string of the molecule is CC(=O)OC[C@H]1SC(OC(C)=O)C[C@@H]1N=[N+]=[N-]. The molecule has 0 saturated carbocycles. The van der Waals surface area contributed by atoms with Crippen molar-refractivity contribution in [3.8, 4) is 0 Å². The minimum atomic E-state index is -0.388. The van der Waals surface area contributed by atoms with Crippen molar-refractivity contribution in [2.75, 3.05) is 6.61 Å². The second-order valence-corrected chi connectivity index (χ2v) is 4.93. The van der Waals surface area contributed by atoms with Crippen LogP contribution in [0.4, 0.5) is 0 Å². The number of rotatable bonds is 4. The Kier molecular flexibility index (Phi) is 5.11. The molecule has 1 saturated heterocycles. The first kappa shape index (κ1) is 13.7. The Balaban J connectivity index is 2.56. The monoisotopic (exact) mass is 259 g/mol. The molecule has 0 bridgehead atoms. The van der Waals surface area contributed by atoms with Gasteiger partial charge in [-0.25, -0.2) is 0 Å². The van der Waals surface area contributed by atoms with Gasteiger partial charge in [0.25, 0.3) is 0 Å². The van der Waals surface area contributed by atoms with Gasteiger partial charge in [0.1, 0.15) is 12.0 Å². The maximum Gasteiger partial charge on any atom is 0.303 e. The number of hydrogen-bond donors (Lipinski definition) is 0. The highest BCUT2D eigenvalue weighted by molar-refractivity contribution is 8.00. The molecule has 0 aromatic rings. The van der Waals surface area contributed by atoms with E-state index >= 15 is 0 Å². The summed E-state index contributed by atoms with van der Waals surface area (Å²) < 4.78 is 9.90. The summed E-state index contributed by atoms with van der Waals surface area (Å²) >= 11 is 1.34. The van der Waals surface area contributed by atoms with Crippen LogP contribution < -0.4 is 0 Å². The molecule has 0 radical (unpaired) electrons. The number of hydrogen-bond acceptors (Lipinski definition) is 6. The number of esters is 2. The van der Waals surface area contributed by atoms with Gasteiger partial charge in [0.15, 0.2) is 0 Å². The zero-order valence-corrected chi connectivity index (χ0v) is 10.3. The Morgan fingerprint density at radius 1 is 1.47 bits per heavy atom. The van der Waals surface area contributed by atoms with Gasteiger partial charge in [0, 0.05) is 25.2 Å². The minimum Gasteiger partial charge on any atom is -0.465 e. The topological polar surface area (TPSA) is 101 Å². The molecule has 0 aromatic heterocycles. The second kappa shape index (κ2) is 6.36.